The van der Waals surface area contributed by atoms with E-state index < -0.39 is 0 Å². The van der Waals surface area contributed by atoms with Gasteiger partial charge in [-0.1, -0.05) is 6.42 Å². The lowest BCUT2D eigenvalue weighted by molar-refractivity contribution is 0.0910. The summed E-state index contributed by atoms with van der Waals surface area (Å²) in [6, 6.07) is 7.73. The monoisotopic (exact) mass is 444 g/mol. The van der Waals surface area contributed by atoms with Crippen LogP contribution in [0.3, 0.4) is 0 Å². The topological polar surface area (TPSA) is 94.9 Å². The zero-order valence-corrected chi connectivity index (χ0v) is 19.1. The highest BCUT2D eigenvalue weighted by molar-refractivity contribution is 5.93. The Morgan fingerprint density at radius 1 is 1.03 bits per heavy atom. The molecule has 4 aromatic rings. The molecule has 170 valence electrons. The van der Waals surface area contributed by atoms with E-state index in [1.165, 1.54) is 25.7 Å². The molecule has 4 atom stereocenters. The van der Waals surface area contributed by atoms with E-state index in [1.54, 1.807) is 32.3 Å². The van der Waals surface area contributed by atoms with Crippen molar-refractivity contribution in [2.75, 3.05) is 0 Å². The molecule has 2 saturated carbocycles. The van der Waals surface area contributed by atoms with E-state index >= 15 is 0 Å². The molecule has 33 heavy (non-hydrogen) atoms. The van der Waals surface area contributed by atoms with Gasteiger partial charge in [-0.3, -0.25) is 14.2 Å². The zero-order chi connectivity index (χ0) is 22.7. The number of aryl methyl sites for hydroxylation is 2. The van der Waals surface area contributed by atoms with Gasteiger partial charge in [0.15, 0.2) is 11.3 Å². The van der Waals surface area contributed by atoms with Gasteiger partial charge in [0, 0.05) is 38.6 Å². The first kappa shape index (κ1) is 20.1. The average molecular weight is 445 g/mol. The van der Waals surface area contributed by atoms with Crippen LogP contribution in [0, 0.1) is 17.8 Å². The molecule has 9 nitrogen and oxygen atoms in total. The Hall–Kier alpha value is -3.49. The number of nitrogens with one attached hydrogen (secondary N) is 1. The molecule has 2 aliphatic carbocycles. The molecule has 0 spiro atoms. The number of rotatable bonds is 5. The molecule has 1 N–H and O–H groups in total. The van der Waals surface area contributed by atoms with Gasteiger partial charge in [-0.15, -0.1) is 0 Å². The Morgan fingerprint density at radius 2 is 1.79 bits per heavy atom. The Balaban J connectivity index is 1.37. The van der Waals surface area contributed by atoms with Gasteiger partial charge in [-0.25, -0.2) is 9.50 Å². The van der Waals surface area contributed by atoms with E-state index in [-0.39, 0.29) is 11.9 Å². The summed E-state index contributed by atoms with van der Waals surface area (Å²) in [5.41, 5.74) is 4.34. The zero-order valence-electron chi connectivity index (χ0n) is 19.1. The summed E-state index contributed by atoms with van der Waals surface area (Å²) in [4.78, 5) is 18.0. The smallest absolute Gasteiger partial charge is 0.272 e. The molecule has 2 aliphatic rings. The normalized spacial score (nSPS) is 22.8. The highest BCUT2D eigenvalue weighted by Gasteiger charge is 2.42. The number of hydrogen-bond acceptors (Lipinski definition) is 5. The third-order valence-electron chi connectivity index (χ3n) is 7.62. The molecule has 6 rings (SSSR count). The van der Waals surface area contributed by atoms with E-state index in [1.807, 2.05) is 32.3 Å². The maximum absolute atomic E-state index is 13.2. The first-order valence-corrected chi connectivity index (χ1v) is 11.7. The Morgan fingerprint density at radius 3 is 2.42 bits per heavy atom. The second kappa shape index (κ2) is 7.54. The summed E-state index contributed by atoms with van der Waals surface area (Å²) in [5, 5.41) is 16.5. The van der Waals surface area contributed by atoms with Crippen LogP contribution in [0.1, 0.15) is 43.1 Å². The Bertz CT molecular complexity index is 1350. The van der Waals surface area contributed by atoms with Crippen molar-refractivity contribution in [1.29, 1.82) is 0 Å². The third kappa shape index (κ3) is 3.34. The molecule has 9 heteroatoms. The fraction of sp³-hybridized carbons (Fsp3) is 0.458. The first-order chi connectivity index (χ1) is 16.0. The van der Waals surface area contributed by atoms with Crippen molar-refractivity contribution in [3.05, 3.63) is 42.4 Å². The number of fused-ring (bicyclic) bond motifs is 3. The van der Waals surface area contributed by atoms with Crippen molar-refractivity contribution in [2.24, 2.45) is 31.8 Å². The maximum atomic E-state index is 13.2. The predicted octanol–water partition coefficient (Wildman–Crippen LogP) is 3.08. The molecule has 2 fully saturated rings. The lowest BCUT2D eigenvalue weighted by Gasteiger charge is -2.28. The quantitative estimate of drug-likeness (QED) is 0.510. The molecule has 0 radical (unpaired) electrons. The predicted molar refractivity (Wildman–Crippen MR) is 123 cm³/mol. The van der Waals surface area contributed by atoms with Gasteiger partial charge in [0.05, 0.1) is 22.8 Å². The van der Waals surface area contributed by atoms with Crippen LogP contribution in [0.15, 0.2) is 36.7 Å². The van der Waals surface area contributed by atoms with Crippen LogP contribution in [0.2, 0.25) is 0 Å². The van der Waals surface area contributed by atoms with Crippen molar-refractivity contribution in [3.63, 3.8) is 0 Å². The summed E-state index contributed by atoms with van der Waals surface area (Å²) in [7, 11) is 3.77. The van der Waals surface area contributed by atoms with Crippen LogP contribution in [-0.2, 0) is 14.1 Å². The van der Waals surface area contributed by atoms with Crippen molar-refractivity contribution in [3.8, 4) is 22.8 Å². The van der Waals surface area contributed by atoms with Crippen LogP contribution in [0.4, 0.5) is 0 Å². The molecule has 0 aromatic carbocycles. The molecule has 4 unspecified atom stereocenters. The van der Waals surface area contributed by atoms with Crippen LogP contribution < -0.4 is 5.32 Å². The van der Waals surface area contributed by atoms with E-state index in [9.17, 15) is 4.79 Å². The molecular weight excluding hydrogens is 416 g/mol. The van der Waals surface area contributed by atoms with Crippen LogP contribution >= 0.6 is 0 Å². The summed E-state index contributed by atoms with van der Waals surface area (Å²) in [6.07, 6.45) is 8.72. The van der Waals surface area contributed by atoms with Gasteiger partial charge >= 0.3 is 0 Å². The van der Waals surface area contributed by atoms with Gasteiger partial charge in [-0.05, 0) is 62.1 Å². The third-order valence-corrected chi connectivity index (χ3v) is 7.62. The lowest BCUT2D eigenvalue weighted by atomic mass is 9.84. The van der Waals surface area contributed by atoms with Gasteiger partial charge in [-0.2, -0.15) is 15.3 Å². The first-order valence-electron chi connectivity index (χ1n) is 11.7. The van der Waals surface area contributed by atoms with Crippen molar-refractivity contribution in [2.45, 2.75) is 38.6 Å². The number of carbonyl (C=O) groups excluding carboxylic acids is 1. The molecule has 2 bridgehead atoms. The molecule has 4 aromatic heterocycles. The van der Waals surface area contributed by atoms with Gasteiger partial charge in [0.1, 0.15) is 0 Å². The van der Waals surface area contributed by atoms with Crippen LogP contribution in [0.5, 0.6) is 0 Å². The number of carbonyl (C=O) groups is 1. The molecule has 1 amide bonds. The van der Waals surface area contributed by atoms with E-state index in [2.05, 4.69) is 27.5 Å². The summed E-state index contributed by atoms with van der Waals surface area (Å²) < 4.78 is 5.31. The highest BCUT2D eigenvalue weighted by atomic mass is 16.2. The fourth-order valence-electron chi connectivity index (χ4n) is 5.94. The number of hydrogen-bond donors (Lipinski definition) is 1. The number of aromatic nitrogens is 7. The molecule has 0 aliphatic heterocycles. The highest BCUT2D eigenvalue weighted by Crippen LogP contribution is 2.49. The SMILES string of the molecule is CC(NC(=O)c1cc2nc(-c3ccnn3C)cc(-c3ccnn3C)n2n1)C1CC2CCC1C2. The Kier molecular flexibility index (Phi) is 4.60. The van der Waals surface area contributed by atoms with Crippen molar-refractivity contribution < 1.29 is 4.79 Å². The van der Waals surface area contributed by atoms with E-state index in [0.29, 0.717) is 17.3 Å². The second-order valence-corrected chi connectivity index (χ2v) is 9.61. The minimum absolute atomic E-state index is 0.145. The van der Waals surface area contributed by atoms with Crippen molar-refractivity contribution >= 4 is 11.6 Å². The van der Waals surface area contributed by atoms with Crippen LogP contribution in [-0.4, -0.2) is 46.1 Å². The molecule has 0 saturated heterocycles. The lowest BCUT2D eigenvalue weighted by Crippen LogP contribution is -2.40. The van der Waals surface area contributed by atoms with E-state index in [4.69, 9.17) is 4.98 Å². The van der Waals surface area contributed by atoms with E-state index in [0.717, 1.165) is 34.6 Å². The van der Waals surface area contributed by atoms with Gasteiger partial charge < -0.3 is 5.32 Å². The minimum Gasteiger partial charge on any atom is -0.348 e. The molecule has 4 heterocycles. The molecular formula is C24H28N8O. The summed E-state index contributed by atoms with van der Waals surface area (Å²) in [5.74, 6) is 2.04. The number of amides is 1. The van der Waals surface area contributed by atoms with Crippen LogP contribution in [0.25, 0.3) is 28.4 Å². The minimum atomic E-state index is -0.145. The summed E-state index contributed by atoms with van der Waals surface area (Å²) >= 11 is 0. The summed E-state index contributed by atoms with van der Waals surface area (Å²) in [6.45, 7) is 2.14. The van der Waals surface area contributed by atoms with Gasteiger partial charge in [0.2, 0.25) is 0 Å². The van der Waals surface area contributed by atoms with Gasteiger partial charge in [0.25, 0.3) is 5.91 Å². The Labute approximate surface area is 191 Å². The second-order valence-electron chi connectivity index (χ2n) is 9.61. The standard InChI is InChI=1S/C24H28N8O/c1-14(17-11-15-4-5-16(17)10-15)27-24(33)19-13-23-28-18(20-6-8-25-30(20)2)12-22(32(23)29-19)21-7-9-26-31(21)3/h6-9,12-17H,4-5,10-11H2,1-3H3,(H,27,33). The maximum Gasteiger partial charge on any atom is 0.272 e. The largest absolute Gasteiger partial charge is 0.348 e. The number of nitrogens with zero attached hydrogens (tertiary/aromatic N) is 7. The fourth-order valence-corrected chi connectivity index (χ4v) is 5.94. The van der Waals surface area contributed by atoms with Crippen molar-refractivity contribution in [1.82, 2.24) is 39.5 Å². The average Bonchev–Trinajstić information content (AvgIpc) is 3.60.